The van der Waals surface area contributed by atoms with Gasteiger partial charge < -0.3 is 9.64 Å². The van der Waals surface area contributed by atoms with Crippen molar-refractivity contribution in [2.45, 2.75) is 38.0 Å². The number of benzene rings is 1. The SMILES string of the molecule is O=C(c1ccc(C2CCNN2)cc1)N1CCC(OCc2cccnc2)CC1. The van der Waals surface area contributed by atoms with Gasteiger partial charge >= 0.3 is 0 Å². The second kappa shape index (κ2) is 8.61. The summed E-state index contributed by atoms with van der Waals surface area (Å²) in [7, 11) is 0. The maximum absolute atomic E-state index is 12.8. The van der Waals surface area contributed by atoms with Gasteiger partial charge in [-0.1, -0.05) is 18.2 Å². The van der Waals surface area contributed by atoms with Crippen molar-refractivity contribution in [3.05, 3.63) is 65.5 Å². The molecule has 1 amide bonds. The monoisotopic (exact) mass is 366 g/mol. The van der Waals surface area contributed by atoms with Crippen LogP contribution in [0.2, 0.25) is 0 Å². The fraction of sp³-hybridized carbons (Fsp3) is 0.429. The normalized spacial score (nSPS) is 20.7. The van der Waals surface area contributed by atoms with Gasteiger partial charge in [-0.3, -0.25) is 20.6 Å². The Bertz CT molecular complexity index is 737. The molecular formula is C21H26N4O2. The molecule has 142 valence electrons. The van der Waals surface area contributed by atoms with Crippen LogP contribution in [-0.4, -0.2) is 41.5 Å². The van der Waals surface area contributed by atoms with Crippen LogP contribution < -0.4 is 10.9 Å². The minimum absolute atomic E-state index is 0.116. The molecule has 27 heavy (non-hydrogen) atoms. The summed E-state index contributed by atoms with van der Waals surface area (Å²) in [5, 5.41) is 0. The first kappa shape index (κ1) is 18.1. The number of hydrazine groups is 1. The molecule has 3 heterocycles. The van der Waals surface area contributed by atoms with Crippen LogP contribution in [0.1, 0.15) is 46.8 Å². The number of nitrogens with one attached hydrogen (secondary N) is 2. The molecule has 0 bridgehead atoms. The van der Waals surface area contributed by atoms with Gasteiger partial charge in [-0.2, -0.15) is 0 Å². The zero-order valence-corrected chi connectivity index (χ0v) is 15.4. The molecule has 2 saturated heterocycles. The van der Waals surface area contributed by atoms with Crippen LogP contribution in [0.3, 0.4) is 0 Å². The number of rotatable bonds is 5. The molecule has 2 fully saturated rings. The molecule has 1 atom stereocenters. The van der Waals surface area contributed by atoms with Gasteiger partial charge in [0.05, 0.1) is 12.7 Å². The summed E-state index contributed by atoms with van der Waals surface area (Å²) in [6.07, 6.45) is 6.63. The molecule has 6 nitrogen and oxygen atoms in total. The van der Waals surface area contributed by atoms with E-state index in [-0.39, 0.29) is 12.0 Å². The average molecular weight is 366 g/mol. The van der Waals surface area contributed by atoms with Gasteiger partial charge in [-0.15, -0.1) is 0 Å². The van der Waals surface area contributed by atoms with Gasteiger partial charge in [0.15, 0.2) is 0 Å². The fourth-order valence-corrected chi connectivity index (χ4v) is 3.70. The molecule has 0 aliphatic carbocycles. The first-order chi connectivity index (χ1) is 13.3. The number of nitrogens with zero attached hydrogens (tertiary/aromatic N) is 2. The lowest BCUT2D eigenvalue weighted by Gasteiger charge is -2.32. The van der Waals surface area contributed by atoms with Crippen molar-refractivity contribution < 1.29 is 9.53 Å². The van der Waals surface area contributed by atoms with Crippen molar-refractivity contribution in [2.75, 3.05) is 19.6 Å². The van der Waals surface area contributed by atoms with E-state index in [1.54, 1.807) is 6.20 Å². The number of hydrogen-bond donors (Lipinski definition) is 2. The van der Waals surface area contributed by atoms with Crippen LogP contribution in [0.15, 0.2) is 48.8 Å². The fourth-order valence-electron chi connectivity index (χ4n) is 3.70. The summed E-state index contributed by atoms with van der Waals surface area (Å²) in [4.78, 5) is 18.8. The smallest absolute Gasteiger partial charge is 0.253 e. The number of hydrogen-bond acceptors (Lipinski definition) is 5. The van der Waals surface area contributed by atoms with E-state index < -0.39 is 0 Å². The summed E-state index contributed by atoms with van der Waals surface area (Å²) in [6, 6.07) is 12.3. The summed E-state index contributed by atoms with van der Waals surface area (Å²) < 4.78 is 5.98. The zero-order valence-electron chi connectivity index (χ0n) is 15.4. The molecule has 2 aliphatic rings. The van der Waals surface area contributed by atoms with Crippen molar-refractivity contribution in [1.82, 2.24) is 20.7 Å². The minimum atomic E-state index is 0.116. The number of piperidine rings is 1. The summed E-state index contributed by atoms with van der Waals surface area (Å²) in [6.45, 7) is 3.04. The molecule has 1 aromatic carbocycles. The largest absolute Gasteiger partial charge is 0.373 e. The molecule has 4 rings (SSSR count). The molecule has 2 N–H and O–H groups in total. The number of aromatic nitrogens is 1. The third-order valence-electron chi connectivity index (χ3n) is 5.33. The van der Waals surface area contributed by atoms with Crippen molar-refractivity contribution in [2.24, 2.45) is 0 Å². The summed E-state index contributed by atoms with van der Waals surface area (Å²) >= 11 is 0. The Labute approximate surface area is 159 Å². The van der Waals surface area contributed by atoms with Crippen LogP contribution in [-0.2, 0) is 11.3 Å². The number of likely N-dealkylation sites (tertiary alicyclic amines) is 1. The number of pyridine rings is 1. The van der Waals surface area contributed by atoms with Crippen LogP contribution >= 0.6 is 0 Å². The van der Waals surface area contributed by atoms with Crippen molar-refractivity contribution in [1.29, 1.82) is 0 Å². The van der Waals surface area contributed by atoms with Gasteiger partial charge in [0.1, 0.15) is 0 Å². The molecule has 0 radical (unpaired) electrons. The third kappa shape index (κ3) is 4.53. The predicted molar refractivity (Wildman–Crippen MR) is 103 cm³/mol. The second-order valence-corrected chi connectivity index (χ2v) is 7.20. The van der Waals surface area contributed by atoms with E-state index >= 15 is 0 Å². The molecule has 0 spiro atoms. The lowest BCUT2D eigenvalue weighted by atomic mass is 10.0. The van der Waals surface area contributed by atoms with E-state index in [4.69, 9.17) is 4.74 Å². The van der Waals surface area contributed by atoms with E-state index in [9.17, 15) is 4.79 Å². The Kier molecular flexibility index (Phi) is 5.77. The Morgan fingerprint density at radius 1 is 1.15 bits per heavy atom. The highest BCUT2D eigenvalue weighted by Crippen LogP contribution is 2.21. The first-order valence-electron chi connectivity index (χ1n) is 9.68. The highest BCUT2D eigenvalue weighted by Gasteiger charge is 2.24. The second-order valence-electron chi connectivity index (χ2n) is 7.20. The van der Waals surface area contributed by atoms with Crippen LogP contribution in [0.4, 0.5) is 0 Å². The van der Waals surface area contributed by atoms with E-state index in [0.29, 0.717) is 12.6 Å². The predicted octanol–water partition coefficient (Wildman–Crippen LogP) is 2.44. The number of amides is 1. The Morgan fingerprint density at radius 3 is 2.63 bits per heavy atom. The lowest BCUT2D eigenvalue weighted by Crippen LogP contribution is -2.40. The van der Waals surface area contributed by atoms with Gasteiger partial charge in [-0.25, -0.2) is 0 Å². The van der Waals surface area contributed by atoms with Crippen LogP contribution in [0.25, 0.3) is 0 Å². The lowest BCUT2D eigenvalue weighted by molar-refractivity contribution is -0.000468. The number of carbonyl (C=O) groups excluding carboxylic acids is 1. The van der Waals surface area contributed by atoms with E-state index in [1.165, 1.54) is 5.56 Å². The van der Waals surface area contributed by atoms with Crippen LogP contribution in [0.5, 0.6) is 0 Å². The van der Waals surface area contributed by atoms with E-state index in [2.05, 4.69) is 28.0 Å². The maximum Gasteiger partial charge on any atom is 0.253 e. The molecule has 2 aliphatic heterocycles. The minimum Gasteiger partial charge on any atom is -0.373 e. The van der Waals surface area contributed by atoms with E-state index in [0.717, 1.165) is 50.0 Å². The standard InChI is InChI=1S/C21H26N4O2/c26-21(18-5-3-17(4-6-18)20-7-11-23-24-20)25-12-8-19(9-13-25)27-15-16-2-1-10-22-14-16/h1-6,10,14,19-20,23-24H,7-9,11-13,15H2. The van der Waals surface area contributed by atoms with Gasteiger partial charge in [0, 0.05) is 43.6 Å². The van der Waals surface area contributed by atoms with Crippen LogP contribution in [0, 0.1) is 0 Å². The highest BCUT2D eigenvalue weighted by atomic mass is 16.5. The Hall–Kier alpha value is -2.28. The quantitative estimate of drug-likeness (QED) is 0.851. The first-order valence-corrected chi connectivity index (χ1v) is 9.68. The summed E-state index contributed by atoms with van der Waals surface area (Å²) in [5.41, 5.74) is 9.47. The molecule has 0 saturated carbocycles. The zero-order chi connectivity index (χ0) is 18.5. The summed E-state index contributed by atoms with van der Waals surface area (Å²) in [5.74, 6) is 0.116. The molecule has 1 unspecified atom stereocenters. The van der Waals surface area contributed by atoms with Crippen molar-refractivity contribution in [3.8, 4) is 0 Å². The number of ether oxygens (including phenoxy) is 1. The van der Waals surface area contributed by atoms with Crippen molar-refractivity contribution in [3.63, 3.8) is 0 Å². The topological polar surface area (TPSA) is 66.5 Å². The molecule has 1 aromatic heterocycles. The Morgan fingerprint density at radius 2 is 1.96 bits per heavy atom. The van der Waals surface area contributed by atoms with Crippen molar-refractivity contribution >= 4 is 5.91 Å². The average Bonchev–Trinajstić information content (AvgIpc) is 3.28. The van der Waals surface area contributed by atoms with Gasteiger partial charge in [-0.05, 0) is 48.6 Å². The Balaban J connectivity index is 1.27. The molecule has 2 aromatic rings. The highest BCUT2D eigenvalue weighted by molar-refractivity contribution is 5.94. The molecule has 6 heteroatoms. The third-order valence-corrected chi connectivity index (χ3v) is 5.33. The number of carbonyl (C=O) groups is 1. The van der Waals surface area contributed by atoms with Gasteiger partial charge in [0.2, 0.25) is 0 Å². The van der Waals surface area contributed by atoms with E-state index in [1.807, 2.05) is 35.4 Å². The van der Waals surface area contributed by atoms with Gasteiger partial charge in [0.25, 0.3) is 5.91 Å². The molecular weight excluding hydrogens is 340 g/mol. The maximum atomic E-state index is 12.8.